The molecule has 0 fully saturated rings. The summed E-state index contributed by atoms with van der Waals surface area (Å²) in [6, 6.07) is 8.67. The van der Waals surface area contributed by atoms with Gasteiger partial charge >= 0.3 is 0 Å². The maximum atomic E-state index is 11.5. The Hall–Kier alpha value is -1.65. The van der Waals surface area contributed by atoms with E-state index in [4.69, 9.17) is 17.3 Å². The molecule has 94 valence electrons. The predicted octanol–water partition coefficient (Wildman–Crippen LogP) is 2.03. The van der Waals surface area contributed by atoms with Gasteiger partial charge in [0.2, 0.25) is 0 Å². The van der Waals surface area contributed by atoms with E-state index >= 15 is 0 Å². The maximum Gasteiger partial charge on any atom is 0.251 e. The fourth-order valence-corrected chi connectivity index (χ4v) is 1.90. The summed E-state index contributed by atoms with van der Waals surface area (Å²) in [6.07, 6.45) is 0.560. The molecule has 3 N–H and O–H groups in total. The Morgan fingerprint density at radius 1 is 1.44 bits per heavy atom. The van der Waals surface area contributed by atoms with Crippen molar-refractivity contribution in [3.05, 3.63) is 62.8 Å². The summed E-state index contributed by atoms with van der Waals surface area (Å²) in [5, 5.41) is 0.671. The van der Waals surface area contributed by atoms with Crippen molar-refractivity contribution in [2.45, 2.75) is 19.4 Å². The van der Waals surface area contributed by atoms with E-state index in [9.17, 15) is 4.79 Å². The van der Waals surface area contributed by atoms with E-state index in [1.165, 1.54) is 6.07 Å². The summed E-state index contributed by atoms with van der Waals surface area (Å²) in [6.45, 7) is 1.78. The van der Waals surface area contributed by atoms with Crippen molar-refractivity contribution in [1.29, 1.82) is 0 Å². The zero-order valence-electron chi connectivity index (χ0n) is 9.98. The number of nitrogens with zero attached hydrogens (tertiary/aromatic N) is 1. The van der Waals surface area contributed by atoms with Crippen LogP contribution in [0.2, 0.25) is 5.02 Å². The van der Waals surface area contributed by atoms with Gasteiger partial charge in [0.15, 0.2) is 0 Å². The van der Waals surface area contributed by atoms with Crippen LogP contribution in [0, 0.1) is 0 Å². The molecule has 4 nitrogen and oxygen atoms in total. The molecule has 1 unspecified atom stereocenters. The number of aromatic amines is 1. The fourth-order valence-electron chi connectivity index (χ4n) is 1.69. The molecule has 0 bridgehead atoms. The molecular weight excluding hydrogens is 250 g/mol. The fraction of sp³-hybridized carbons (Fsp3) is 0.231. The van der Waals surface area contributed by atoms with E-state index in [0.717, 1.165) is 5.56 Å². The average Bonchev–Trinajstić information content (AvgIpc) is 2.28. The van der Waals surface area contributed by atoms with Gasteiger partial charge in [-0.15, -0.1) is 0 Å². The van der Waals surface area contributed by atoms with Gasteiger partial charge in [-0.1, -0.05) is 23.7 Å². The van der Waals surface area contributed by atoms with Crippen molar-refractivity contribution in [2.24, 2.45) is 5.73 Å². The molecule has 0 aliphatic rings. The smallest absolute Gasteiger partial charge is 0.251 e. The molecule has 1 aromatic carbocycles. The third-order valence-corrected chi connectivity index (χ3v) is 2.75. The Morgan fingerprint density at radius 2 is 2.22 bits per heavy atom. The Kier molecular flexibility index (Phi) is 3.79. The van der Waals surface area contributed by atoms with Crippen LogP contribution >= 0.6 is 11.6 Å². The number of nitrogens with one attached hydrogen (secondary N) is 1. The summed E-state index contributed by atoms with van der Waals surface area (Å²) in [7, 11) is 0. The van der Waals surface area contributed by atoms with Gasteiger partial charge in [-0.05, 0) is 24.6 Å². The molecular formula is C13H14ClN3O. The van der Waals surface area contributed by atoms with Crippen LogP contribution in [0.1, 0.15) is 30.0 Å². The molecule has 0 spiro atoms. The molecule has 1 heterocycles. The summed E-state index contributed by atoms with van der Waals surface area (Å²) < 4.78 is 0. The first-order valence-electron chi connectivity index (χ1n) is 5.65. The molecule has 2 rings (SSSR count). The van der Waals surface area contributed by atoms with Gasteiger partial charge in [-0.25, -0.2) is 4.98 Å². The number of halogens is 1. The Morgan fingerprint density at radius 3 is 2.89 bits per heavy atom. The van der Waals surface area contributed by atoms with E-state index in [0.29, 0.717) is 23.0 Å². The van der Waals surface area contributed by atoms with E-state index in [1.54, 1.807) is 6.92 Å². The predicted molar refractivity (Wildman–Crippen MR) is 71.7 cm³/mol. The van der Waals surface area contributed by atoms with Gasteiger partial charge in [0.05, 0.1) is 11.7 Å². The Bertz CT molecular complexity index is 607. The molecule has 0 saturated carbocycles. The third-order valence-electron chi connectivity index (χ3n) is 2.52. The van der Waals surface area contributed by atoms with Gasteiger partial charge in [0.25, 0.3) is 5.56 Å². The zero-order valence-corrected chi connectivity index (χ0v) is 10.7. The number of benzene rings is 1. The average molecular weight is 264 g/mol. The first-order valence-corrected chi connectivity index (χ1v) is 6.02. The summed E-state index contributed by atoms with van der Waals surface area (Å²) in [5.74, 6) is 0.500. The minimum absolute atomic E-state index is 0.186. The van der Waals surface area contributed by atoms with Crippen molar-refractivity contribution < 1.29 is 0 Å². The van der Waals surface area contributed by atoms with Crippen molar-refractivity contribution in [3.8, 4) is 0 Å². The number of H-pyrrole nitrogens is 1. The molecule has 0 radical (unpaired) electrons. The van der Waals surface area contributed by atoms with Crippen LogP contribution in [0.15, 0.2) is 35.1 Å². The topological polar surface area (TPSA) is 71.8 Å². The van der Waals surface area contributed by atoms with Crippen LogP contribution in [0.5, 0.6) is 0 Å². The van der Waals surface area contributed by atoms with Crippen LogP contribution in [-0.2, 0) is 6.42 Å². The first kappa shape index (κ1) is 12.8. The SMILES string of the molecule is CC(N)c1nc(Cc2cccc(Cl)c2)cc(=O)[nH]1. The molecule has 1 atom stereocenters. The van der Waals surface area contributed by atoms with Gasteiger partial charge in [-0.2, -0.15) is 0 Å². The second-order valence-corrected chi connectivity index (χ2v) is 4.65. The Balaban J connectivity index is 2.32. The molecule has 0 aliphatic carbocycles. The van der Waals surface area contributed by atoms with Crippen molar-refractivity contribution in [1.82, 2.24) is 9.97 Å². The molecule has 5 heteroatoms. The second-order valence-electron chi connectivity index (χ2n) is 4.22. The number of hydrogen-bond donors (Lipinski definition) is 2. The highest BCUT2D eigenvalue weighted by molar-refractivity contribution is 6.30. The van der Waals surface area contributed by atoms with Gasteiger partial charge < -0.3 is 10.7 Å². The van der Waals surface area contributed by atoms with E-state index in [1.807, 2.05) is 24.3 Å². The van der Waals surface area contributed by atoms with Crippen LogP contribution in [-0.4, -0.2) is 9.97 Å². The standard InChI is InChI=1S/C13H14ClN3O/c1-8(15)13-16-11(7-12(18)17-13)6-9-3-2-4-10(14)5-9/h2-5,7-8H,6,15H2,1H3,(H,16,17,18). The lowest BCUT2D eigenvalue weighted by Gasteiger charge is -2.07. The van der Waals surface area contributed by atoms with Gasteiger partial charge in [0, 0.05) is 17.5 Å². The number of aromatic nitrogens is 2. The Labute approximate surface area is 110 Å². The minimum atomic E-state index is -0.294. The summed E-state index contributed by atoms with van der Waals surface area (Å²) >= 11 is 5.92. The zero-order chi connectivity index (χ0) is 13.1. The molecule has 0 saturated heterocycles. The first-order chi connectivity index (χ1) is 8.54. The number of rotatable bonds is 3. The highest BCUT2D eigenvalue weighted by Gasteiger charge is 2.06. The largest absolute Gasteiger partial charge is 0.322 e. The van der Waals surface area contributed by atoms with Crippen molar-refractivity contribution in [2.75, 3.05) is 0 Å². The lowest BCUT2D eigenvalue weighted by Crippen LogP contribution is -2.18. The normalized spacial score (nSPS) is 12.4. The van der Waals surface area contributed by atoms with E-state index in [2.05, 4.69) is 9.97 Å². The van der Waals surface area contributed by atoms with Crippen LogP contribution in [0.25, 0.3) is 0 Å². The lowest BCUT2D eigenvalue weighted by atomic mass is 10.1. The highest BCUT2D eigenvalue weighted by Crippen LogP contribution is 2.13. The third kappa shape index (κ3) is 3.18. The lowest BCUT2D eigenvalue weighted by molar-refractivity contribution is 0.722. The molecule has 2 aromatic rings. The van der Waals surface area contributed by atoms with E-state index < -0.39 is 0 Å². The van der Waals surface area contributed by atoms with Crippen molar-refractivity contribution >= 4 is 11.6 Å². The van der Waals surface area contributed by atoms with Crippen molar-refractivity contribution in [3.63, 3.8) is 0 Å². The van der Waals surface area contributed by atoms with Crippen LogP contribution in [0.3, 0.4) is 0 Å². The molecule has 1 aromatic heterocycles. The van der Waals surface area contributed by atoms with Gasteiger partial charge in [-0.3, -0.25) is 4.79 Å². The monoisotopic (exact) mass is 263 g/mol. The number of nitrogens with two attached hydrogens (primary N) is 1. The van der Waals surface area contributed by atoms with E-state index in [-0.39, 0.29) is 11.6 Å². The summed E-state index contributed by atoms with van der Waals surface area (Å²) in [4.78, 5) is 18.5. The highest BCUT2D eigenvalue weighted by atomic mass is 35.5. The number of hydrogen-bond acceptors (Lipinski definition) is 3. The second kappa shape index (κ2) is 5.33. The quantitative estimate of drug-likeness (QED) is 0.890. The summed E-state index contributed by atoms with van der Waals surface area (Å²) in [5.41, 5.74) is 7.23. The molecule has 0 aliphatic heterocycles. The van der Waals surface area contributed by atoms with Crippen LogP contribution < -0.4 is 11.3 Å². The van der Waals surface area contributed by atoms with Gasteiger partial charge in [0.1, 0.15) is 5.82 Å². The van der Waals surface area contributed by atoms with Crippen LogP contribution in [0.4, 0.5) is 0 Å². The molecule has 0 amide bonds. The maximum absolute atomic E-state index is 11.5. The molecule has 18 heavy (non-hydrogen) atoms. The minimum Gasteiger partial charge on any atom is -0.322 e.